The standard InChI is InChI=1S/C14H11F3N2O3/c1-21-13(20)10-5-6-19-12(11(10)18)8-3-2-4-9(7-8)22-14(15,16)17/h2-7H,18H2,1H3. The van der Waals surface area contributed by atoms with Crippen molar-refractivity contribution >= 4 is 11.7 Å². The zero-order valence-corrected chi connectivity index (χ0v) is 11.3. The van der Waals surface area contributed by atoms with Gasteiger partial charge in [-0.05, 0) is 18.2 Å². The molecule has 0 aliphatic heterocycles. The minimum Gasteiger partial charge on any atom is -0.465 e. The maximum Gasteiger partial charge on any atom is 0.573 e. The minimum absolute atomic E-state index is 0.0125. The lowest BCUT2D eigenvalue weighted by molar-refractivity contribution is -0.274. The number of methoxy groups -OCH3 is 1. The van der Waals surface area contributed by atoms with Crippen LogP contribution in [0, 0.1) is 0 Å². The number of hydrogen-bond acceptors (Lipinski definition) is 5. The third kappa shape index (κ3) is 3.46. The van der Waals surface area contributed by atoms with E-state index >= 15 is 0 Å². The molecule has 0 radical (unpaired) electrons. The first-order chi connectivity index (χ1) is 10.3. The second kappa shape index (κ2) is 5.92. The topological polar surface area (TPSA) is 74.4 Å². The SMILES string of the molecule is COC(=O)c1ccnc(-c2cccc(OC(F)(F)F)c2)c1N. The molecule has 0 aliphatic carbocycles. The number of carbonyl (C=O) groups is 1. The lowest BCUT2D eigenvalue weighted by Gasteiger charge is -2.12. The molecule has 0 bridgehead atoms. The van der Waals surface area contributed by atoms with Crippen LogP contribution in [0.5, 0.6) is 5.75 Å². The van der Waals surface area contributed by atoms with E-state index in [9.17, 15) is 18.0 Å². The Balaban J connectivity index is 2.44. The summed E-state index contributed by atoms with van der Waals surface area (Å²) in [7, 11) is 1.19. The molecule has 2 rings (SSSR count). The summed E-state index contributed by atoms with van der Waals surface area (Å²) >= 11 is 0. The van der Waals surface area contributed by atoms with Gasteiger partial charge in [0, 0.05) is 11.8 Å². The molecule has 5 nitrogen and oxygen atoms in total. The fraction of sp³-hybridized carbons (Fsp3) is 0.143. The highest BCUT2D eigenvalue weighted by Gasteiger charge is 2.31. The molecule has 0 atom stereocenters. The molecule has 1 aromatic heterocycles. The van der Waals surface area contributed by atoms with E-state index in [0.29, 0.717) is 0 Å². The van der Waals surface area contributed by atoms with Gasteiger partial charge in [-0.3, -0.25) is 4.98 Å². The molecule has 1 heterocycles. The number of halogens is 3. The first-order valence-corrected chi connectivity index (χ1v) is 6.01. The van der Waals surface area contributed by atoms with Gasteiger partial charge in [0.05, 0.1) is 24.1 Å². The number of anilines is 1. The number of pyridine rings is 1. The number of esters is 1. The highest BCUT2D eigenvalue weighted by molar-refractivity contribution is 5.98. The Morgan fingerprint density at radius 3 is 2.64 bits per heavy atom. The zero-order valence-electron chi connectivity index (χ0n) is 11.3. The highest BCUT2D eigenvalue weighted by atomic mass is 19.4. The summed E-state index contributed by atoms with van der Waals surface area (Å²) in [5, 5.41) is 0. The molecule has 0 saturated heterocycles. The van der Waals surface area contributed by atoms with Crippen molar-refractivity contribution in [2.45, 2.75) is 6.36 Å². The molecule has 0 aliphatic rings. The number of benzene rings is 1. The second-order valence-electron chi connectivity index (χ2n) is 4.19. The predicted octanol–water partition coefficient (Wildman–Crippen LogP) is 3.02. The van der Waals surface area contributed by atoms with Gasteiger partial charge >= 0.3 is 12.3 Å². The third-order valence-electron chi connectivity index (χ3n) is 2.74. The number of hydrogen-bond donors (Lipinski definition) is 1. The number of alkyl halides is 3. The minimum atomic E-state index is -4.80. The highest BCUT2D eigenvalue weighted by Crippen LogP contribution is 2.31. The number of carbonyl (C=O) groups excluding carboxylic acids is 1. The number of rotatable bonds is 3. The second-order valence-corrected chi connectivity index (χ2v) is 4.19. The lowest BCUT2D eigenvalue weighted by Crippen LogP contribution is -2.17. The summed E-state index contributed by atoms with van der Waals surface area (Å²) in [5.74, 6) is -1.07. The van der Waals surface area contributed by atoms with E-state index in [0.717, 1.165) is 12.1 Å². The van der Waals surface area contributed by atoms with Crippen molar-refractivity contribution in [3.05, 3.63) is 42.1 Å². The van der Waals surface area contributed by atoms with Crippen molar-refractivity contribution < 1.29 is 27.4 Å². The Morgan fingerprint density at radius 1 is 1.27 bits per heavy atom. The van der Waals surface area contributed by atoms with E-state index in [1.165, 1.54) is 31.5 Å². The van der Waals surface area contributed by atoms with Crippen LogP contribution in [0.2, 0.25) is 0 Å². The summed E-state index contributed by atoms with van der Waals surface area (Å²) < 4.78 is 45.2. The normalized spacial score (nSPS) is 11.1. The lowest BCUT2D eigenvalue weighted by atomic mass is 10.1. The first kappa shape index (κ1) is 15.6. The van der Waals surface area contributed by atoms with Gasteiger partial charge in [0.1, 0.15) is 5.75 Å². The molecule has 0 fully saturated rings. The number of aromatic nitrogens is 1. The van der Waals surface area contributed by atoms with Gasteiger partial charge in [0.2, 0.25) is 0 Å². The summed E-state index contributed by atoms with van der Waals surface area (Å²) in [6.45, 7) is 0. The van der Waals surface area contributed by atoms with Gasteiger partial charge in [-0.25, -0.2) is 4.79 Å². The fourth-order valence-electron chi connectivity index (χ4n) is 1.83. The van der Waals surface area contributed by atoms with Crippen LogP contribution in [0.15, 0.2) is 36.5 Å². The van der Waals surface area contributed by atoms with Crippen molar-refractivity contribution in [3.8, 4) is 17.0 Å². The molecule has 0 unspecified atom stereocenters. The Bertz CT molecular complexity index is 702. The third-order valence-corrected chi connectivity index (χ3v) is 2.74. The molecule has 1 aromatic carbocycles. The summed E-state index contributed by atoms with van der Waals surface area (Å²) in [4.78, 5) is 15.6. The van der Waals surface area contributed by atoms with Crippen LogP contribution in [-0.2, 0) is 4.74 Å². The Kier molecular flexibility index (Phi) is 4.20. The number of nitrogen functional groups attached to an aromatic ring is 1. The van der Waals surface area contributed by atoms with Gasteiger partial charge in [-0.2, -0.15) is 0 Å². The molecule has 2 N–H and O–H groups in total. The Morgan fingerprint density at radius 2 is 2.00 bits per heavy atom. The van der Waals surface area contributed by atoms with Crippen LogP contribution < -0.4 is 10.5 Å². The van der Waals surface area contributed by atoms with Crippen LogP contribution in [0.3, 0.4) is 0 Å². The average molecular weight is 312 g/mol. The van der Waals surface area contributed by atoms with Crippen molar-refractivity contribution in [2.24, 2.45) is 0 Å². The number of ether oxygens (including phenoxy) is 2. The van der Waals surface area contributed by atoms with Crippen LogP contribution in [-0.4, -0.2) is 24.4 Å². The fourth-order valence-corrected chi connectivity index (χ4v) is 1.83. The van der Waals surface area contributed by atoms with Gasteiger partial charge in [0.25, 0.3) is 0 Å². The molecule has 8 heteroatoms. The molecule has 0 amide bonds. The Hall–Kier alpha value is -2.77. The largest absolute Gasteiger partial charge is 0.573 e. The maximum absolute atomic E-state index is 12.2. The van der Waals surface area contributed by atoms with E-state index in [4.69, 9.17) is 5.73 Å². The van der Waals surface area contributed by atoms with Crippen LogP contribution in [0.1, 0.15) is 10.4 Å². The molecular formula is C14H11F3N2O3. The zero-order chi connectivity index (χ0) is 16.3. The van der Waals surface area contributed by atoms with Gasteiger partial charge < -0.3 is 15.2 Å². The quantitative estimate of drug-likeness (QED) is 0.882. The van der Waals surface area contributed by atoms with Crippen molar-refractivity contribution in [3.63, 3.8) is 0 Å². The molecule has 2 aromatic rings. The monoisotopic (exact) mass is 312 g/mol. The van der Waals surface area contributed by atoms with E-state index in [-0.39, 0.29) is 22.5 Å². The van der Waals surface area contributed by atoms with Crippen molar-refractivity contribution in [1.82, 2.24) is 4.98 Å². The molecule has 22 heavy (non-hydrogen) atoms. The van der Waals surface area contributed by atoms with E-state index < -0.39 is 18.1 Å². The summed E-state index contributed by atoms with van der Waals surface area (Å²) in [6.07, 6.45) is -3.49. The van der Waals surface area contributed by atoms with Gasteiger partial charge in [-0.15, -0.1) is 13.2 Å². The van der Waals surface area contributed by atoms with Gasteiger partial charge in [-0.1, -0.05) is 12.1 Å². The maximum atomic E-state index is 12.2. The van der Waals surface area contributed by atoms with Crippen molar-refractivity contribution in [1.29, 1.82) is 0 Å². The van der Waals surface area contributed by atoms with E-state index in [1.54, 1.807) is 0 Å². The summed E-state index contributed by atoms with van der Waals surface area (Å²) in [5.41, 5.74) is 6.38. The number of nitrogens with zero attached hydrogens (tertiary/aromatic N) is 1. The molecule has 0 spiro atoms. The van der Waals surface area contributed by atoms with Gasteiger partial charge in [0.15, 0.2) is 0 Å². The molecular weight excluding hydrogens is 301 g/mol. The van der Waals surface area contributed by atoms with Crippen LogP contribution in [0.25, 0.3) is 11.3 Å². The molecule has 116 valence electrons. The summed E-state index contributed by atoms with van der Waals surface area (Å²) in [6, 6.07) is 6.51. The number of nitrogens with two attached hydrogens (primary N) is 1. The first-order valence-electron chi connectivity index (χ1n) is 6.01. The predicted molar refractivity (Wildman–Crippen MR) is 72.1 cm³/mol. The smallest absolute Gasteiger partial charge is 0.465 e. The Labute approximate surface area is 123 Å². The average Bonchev–Trinajstić information content (AvgIpc) is 2.45. The molecule has 0 saturated carbocycles. The van der Waals surface area contributed by atoms with E-state index in [1.807, 2.05) is 0 Å². The van der Waals surface area contributed by atoms with Crippen molar-refractivity contribution in [2.75, 3.05) is 12.8 Å². The van der Waals surface area contributed by atoms with Crippen LogP contribution >= 0.6 is 0 Å². The van der Waals surface area contributed by atoms with Crippen LogP contribution in [0.4, 0.5) is 18.9 Å². The van der Waals surface area contributed by atoms with E-state index in [2.05, 4.69) is 14.5 Å².